The highest BCUT2D eigenvalue weighted by Crippen LogP contribution is 2.27. The Balaban J connectivity index is 2.41. The molecule has 0 atom stereocenters. The van der Waals surface area contributed by atoms with Gasteiger partial charge in [-0.05, 0) is 11.6 Å². The molecule has 0 radical (unpaired) electrons. The van der Waals surface area contributed by atoms with Crippen molar-refractivity contribution in [1.29, 1.82) is 0 Å². The minimum absolute atomic E-state index is 0.117. The van der Waals surface area contributed by atoms with Gasteiger partial charge >= 0.3 is 0 Å². The lowest BCUT2D eigenvalue weighted by atomic mass is 10.2. The number of nitrogens with zero attached hydrogens (tertiary/aromatic N) is 2. The van der Waals surface area contributed by atoms with Gasteiger partial charge < -0.3 is 0 Å². The van der Waals surface area contributed by atoms with Crippen molar-refractivity contribution in [2.75, 3.05) is 0 Å². The van der Waals surface area contributed by atoms with E-state index in [0.717, 1.165) is 4.68 Å². The Morgan fingerprint density at radius 1 is 1.32 bits per heavy atom. The molecule has 0 unspecified atom stereocenters. The van der Waals surface area contributed by atoms with Crippen molar-refractivity contribution in [3.05, 3.63) is 51.3 Å². The predicted molar refractivity (Wildman–Crippen MR) is 68.1 cm³/mol. The minimum atomic E-state index is -2.86. The lowest BCUT2D eigenvalue weighted by Crippen LogP contribution is -2.03. The summed E-state index contributed by atoms with van der Waals surface area (Å²) in [6.07, 6.45) is -2.58. The number of hydrogen-bond donors (Lipinski definition) is 0. The Morgan fingerprint density at radius 3 is 2.53 bits per heavy atom. The van der Waals surface area contributed by atoms with Gasteiger partial charge in [0.2, 0.25) is 0 Å². The molecule has 0 saturated heterocycles. The van der Waals surface area contributed by atoms with Crippen LogP contribution in [-0.2, 0) is 6.54 Å². The third kappa shape index (κ3) is 2.77. The molecule has 2 aromatic rings. The van der Waals surface area contributed by atoms with E-state index in [9.17, 15) is 13.6 Å². The average Bonchev–Trinajstić information content (AvgIpc) is 2.69. The van der Waals surface area contributed by atoms with E-state index in [1.54, 1.807) is 24.3 Å². The Bertz CT molecular complexity index is 614. The fourth-order valence-electron chi connectivity index (χ4n) is 1.64. The SMILES string of the molecule is O=Cc1c(C(F)F)nn(Cc2ccccc2Cl)c1Cl. The number of benzene rings is 1. The van der Waals surface area contributed by atoms with E-state index < -0.39 is 12.1 Å². The van der Waals surface area contributed by atoms with E-state index in [2.05, 4.69) is 5.10 Å². The van der Waals surface area contributed by atoms with Gasteiger partial charge in [-0.2, -0.15) is 5.10 Å². The molecule has 7 heteroatoms. The van der Waals surface area contributed by atoms with Crippen LogP contribution < -0.4 is 0 Å². The van der Waals surface area contributed by atoms with Gasteiger partial charge in [0.15, 0.2) is 6.29 Å². The van der Waals surface area contributed by atoms with Gasteiger partial charge in [-0.3, -0.25) is 4.79 Å². The van der Waals surface area contributed by atoms with E-state index in [4.69, 9.17) is 23.2 Å². The molecule has 1 aromatic heterocycles. The van der Waals surface area contributed by atoms with Gasteiger partial charge in [0.25, 0.3) is 6.43 Å². The van der Waals surface area contributed by atoms with Gasteiger partial charge in [0.1, 0.15) is 10.8 Å². The first-order valence-electron chi connectivity index (χ1n) is 5.27. The van der Waals surface area contributed by atoms with Crippen LogP contribution in [0.3, 0.4) is 0 Å². The summed E-state index contributed by atoms with van der Waals surface area (Å²) >= 11 is 11.8. The number of aromatic nitrogens is 2. The lowest BCUT2D eigenvalue weighted by molar-refractivity contribution is 0.110. The molecule has 0 aliphatic rings. The summed E-state index contributed by atoms with van der Waals surface area (Å²) in [7, 11) is 0. The second-order valence-electron chi connectivity index (χ2n) is 3.76. The molecule has 0 bridgehead atoms. The first-order chi connectivity index (χ1) is 9.04. The van der Waals surface area contributed by atoms with Crippen LogP contribution >= 0.6 is 23.2 Å². The summed E-state index contributed by atoms with van der Waals surface area (Å²) in [4.78, 5) is 10.8. The van der Waals surface area contributed by atoms with E-state index >= 15 is 0 Å². The molecule has 0 aliphatic heterocycles. The fraction of sp³-hybridized carbons (Fsp3) is 0.167. The average molecular weight is 305 g/mol. The van der Waals surface area contributed by atoms with Crippen LogP contribution in [0.5, 0.6) is 0 Å². The van der Waals surface area contributed by atoms with Crippen molar-refractivity contribution in [3.8, 4) is 0 Å². The number of carbonyl (C=O) groups excluding carboxylic acids is 1. The first-order valence-corrected chi connectivity index (χ1v) is 6.03. The van der Waals surface area contributed by atoms with Crippen molar-refractivity contribution in [3.63, 3.8) is 0 Å². The van der Waals surface area contributed by atoms with Gasteiger partial charge in [-0.15, -0.1) is 0 Å². The molecule has 1 aromatic carbocycles. The topological polar surface area (TPSA) is 34.9 Å². The van der Waals surface area contributed by atoms with Crippen LogP contribution in [0.2, 0.25) is 10.2 Å². The summed E-state index contributed by atoms with van der Waals surface area (Å²) in [5, 5.41) is 4.01. The molecule has 3 nitrogen and oxygen atoms in total. The molecule has 100 valence electrons. The third-order valence-corrected chi connectivity index (χ3v) is 3.32. The van der Waals surface area contributed by atoms with E-state index in [1.165, 1.54) is 0 Å². The van der Waals surface area contributed by atoms with Gasteiger partial charge in [0, 0.05) is 5.02 Å². The van der Waals surface area contributed by atoms with Crippen molar-refractivity contribution < 1.29 is 13.6 Å². The highest BCUT2D eigenvalue weighted by Gasteiger charge is 2.23. The lowest BCUT2D eigenvalue weighted by Gasteiger charge is -2.05. The van der Waals surface area contributed by atoms with Crippen LogP contribution in [0.1, 0.15) is 28.0 Å². The quantitative estimate of drug-likeness (QED) is 0.801. The maximum absolute atomic E-state index is 12.7. The van der Waals surface area contributed by atoms with Crippen molar-refractivity contribution in [2.45, 2.75) is 13.0 Å². The van der Waals surface area contributed by atoms with E-state index in [1.807, 2.05) is 0 Å². The number of hydrogen-bond acceptors (Lipinski definition) is 2. The standard InChI is InChI=1S/C12H8Cl2F2N2O/c13-9-4-2-1-3-7(9)5-18-11(14)8(6-19)10(17-18)12(15)16/h1-4,6,12H,5H2. The molecule has 0 spiro atoms. The smallest absolute Gasteiger partial charge is 0.282 e. The molecular formula is C12H8Cl2F2N2O. The van der Waals surface area contributed by atoms with E-state index in [-0.39, 0.29) is 23.5 Å². The highest BCUT2D eigenvalue weighted by molar-refractivity contribution is 6.32. The summed E-state index contributed by atoms with van der Waals surface area (Å²) in [6, 6.07) is 6.90. The summed E-state index contributed by atoms with van der Waals surface area (Å²) < 4.78 is 26.5. The Hall–Kier alpha value is -1.46. The number of rotatable bonds is 4. The maximum Gasteiger partial charge on any atom is 0.282 e. The van der Waals surface area contributed by atoms with Crippen LogP contribution in [0.4, 0.5) is 8.78 Å². The first kappa shape index (κ1) is 14.0. The monoisotopic (exact) mass is 304 g/mol. The number of carbonyl (C=O) groups is 1. The van der Waals surface area contributed by atoms with Crippen LogP contribution in [0, 0.1) is 0 Å². The second-order valence-corrected chi connectivity index (χ2v) is 4.52. The number of alkyl halides is 2. The molecule has 1 heterocycles. The van der Waals surface area contributed by atoms with Gasteiger partial charge in [-0.25, -0.2) is 13.5 Å². The molecule has 0 saturated carbocycles. The zero-order chi connectivity index (χ0) is 14.0. The van der Waals surface area contributed by atoms with Gasteiger partial charge in [0.05, 0.1) is 12.1 Å². The number of halogens is 4. The van der Waals surface area contributed by atoms with Crippen molar-refractivity contribution in [2.24, 2.45) is 0 Å². The molecule has 0 aliphatic carbocycles. The van der Waals surface area contributed by atoms with E-state index in [0.29, 0.717) is 10.6 Å². The Labute approximate surface area is 117 Å². The van der Waals surface area contributed by atoms with Crippen LogP contribution in [-0.4, -0.2) is 16.1 Å². The van der Waals surface area contributed by atoms with Crippen LogP contribution in [0.15, 0.2) is 24.3 Å². The maximum atomic E-state index is 12.7. The summed E-state index contributed by atoms with van der Waals surface area (Å²) in [5.74, 6) is 0. The molecule has 0 N–H and O–H groups in total. The molecule has 0 fully saturated rings. The Morgan fingerprint density at radius 2 is 2.00 bits per heavy atom. The largest absolute Gasteiger partial charge is 0.298 e. The van der Waals surface area contributed by atoms with Crippen molar-refractivity contribution in [1.82, 2.24) is 9.78 Å². The van der Waals surface area contributed by atoms with Crippen molar-refractivity contribution >= 4 is 29.5 Å². The summed E-state index contributed by atoms with van der Waals surface area (Å²) in [6.45, 7) is 0.117. The second kappa shape index (κ2) is 5.67. The molecule has 0 amide bonds. The fourth-order valence-corrected chi connectivity index (χ4v) is 2.07. The van der Waals surface area contributed by atoms with Crippen LogP contribution in [0.25, 0.3) is 0 Å². The molecular weight excluding hydrogens is 297 g/mol. The normalized spacial score (nSPS) is 11.0. The summed E-state index contributed by atoms with van der Waals surface area (Å²) in [5.41, 5.74) is -0.234. The highest BCUT2D eigenvalue weighted by atomic mass is 35.5. The molecule has 2 rings (SSSR count). The van der Waals surface area contributed by atoms with Gasteiger partial charge in [-0.1, -0.05) is 41.4 Å². The third-order valence-electron chi connectivity index (χ3n) is 2.56. The predicted octanol–water partition coefficient (Wildman–Crippen LogP) is 3.99. The minimum Gasteiger partial charge on any atom is -0.298 e. The zero-order valence-electron chi connectivity index (χ0n) is 9.49. The number of aldehydes is 1. The zero-order valence-corrected chi connectivity index (χ0v) is 11.0. The molecule has 19 heavy (non-hydrogen) atoms. The Kier molecular flexibility index (Phi) is 4.17.